The third-order valence-corrected chi connectivity index (χ3v) is 7.10. The van der Waals surface area contributed by atoms with Crippen LogP contribution in [0, 0.1) is 0 Å². The van der Waals surface area contributed by atoms with Crippen molar-refractivity contribution in [2.75, 3.05) is 32.1 Å². The molecule has 7 nitrogen and oxygen atoms in total. The Labute approximate surface area is 212 Å². The highest BCUT2D eigenvalue weighted by atomic mass is 16.5. The molecule has 0 N–H and O–H groups in total. The normalized spacial score (nSPS) is 18.6. The topological polar surface area (TPSA) is 56.3 Å². The SMILES string of the molecule is COc1ccc(CN(C)C(=O)N2[C@@H]3CC[C@H]2CN(C(=O)N(c2ccccc2)c2ccccc2)C3)cc1. The van der Waals surface area contributed by atoms with Gasteiger partial charge in [0, 0.05) is 26.7 Å². The molecule has 2 heterocycles. The first kappa shape index (κ1) is 23.7. The number of para-hydroxylation sites is 2. The van der Waals surface area contributed by atoms with Gasteiger partial charge in [0.05, 0.1) is 30.6 Å². The molecule has 186 valence electrons. The Balaban J connectivity index is 1.30. The first-order chi connectivity index (χ1) is 17.5. The number of anilines is 2. The molecule has 2 atom stereocenters. The van der Waals surface area contributed by atoms with E-state index in [1.54, 1.807) is 16.9 Å². The molecule has 2 bridgehead atoms. The van der Waals surface area contributed by atoms with Crippen molar-refractivity contribution in [3.8, 4) is 5.75 Å². The summed E-state index contributed by atoms with van der Waals surface area (Å²) < 4.78 is 5.23. The lowest BCUT2D eigenvalue weighted by Crippen LogP contribution is -2.60. The van der Waals surface area contributed by atoms with Gasteiger partial charge in [0.25, 0.3) is 0 Å². The van der Waals surface area contributed by atoms with Crippen LogP contribution in [0.1, 0.15) is 18.4 Å². The molecule has 2 fully saturated rings. The van der Waals surface area contributed by atoms with Crippen molar-refractivity contribution in [3.05, 3.63) is 90.5 Å². The number of likely N-dealkylation sites (tertiary alicyclic amines) is 1. The monoisotopic (exact) mass is 484 g/mol. The number of carbonyl (C=O) groups excluding carboxylic acids is 2. The highest BCUT2D eigenvalue weighted by Gasteiger charge is 2.45. The molecule has 2 aliphatic heterocycles. The molecular weight excluding hydrogens is 452 g/mol. The van der Waals surface area contributed by atoms with Crippen molar-refractivity contribution in [1.29, 1.82) is 0 Å². The Morgan fingerprint density at radius 3 is 1.83 bits per heavy atom. The third kappa shape index (κ3) is 4.73. The highest BCUT2D eigenvalue weighted by molar-refractivity contribution is 5.99. The van der Waals surface area contributed by atoms with E-state index in [1.807, 2.05) is 102 Å². The summed E-state index contributed by atoms with van der Waals surface area (Å²) in [5.41, 5.74) is 2.71. The van der Waals surface area contributed by atoms with Crippen LogP contribution in [-0.2, 0) is 6.54 Å². The number of rotatable bonds is 5. The third-order valence-electron chi connectivity index (χ3n) is 7.10. The van der Waals surface area contributed by atoms with Gasteiger partial charge in [0.2, 0.25) is 0 Å². The fraction of sp³-hybridized carbons (Fsp3) is 0.310. The Bertz CT molecular complexity index is 1130. The molecule has 4 amide bonds. The van der Waals surface area contributed by atoms with Crippen LogP contribution < -0.4 is 9.64 Å². The summed E-state index contributed by atoms with van der Waals surface area (Å²) in [6.45, 7) is 1.60. The fourth-order valence-corrected chi connectivity index (χ4v) is 5.31. The van der Waals surface area contributed by atoms with E-state index in [0.29, 0.717) is 19.6 Å². The predicted molar refractivity (Wildman–Crippen MR) is 140 cm³/mol. The maximum atomic E-state index is 13.8. The van der Waals surface area contributed by atoms with Crippen molar-refractivity contribution in [1.82, 2.24) is 14.7 Å². The molecule has 3 aromatic carbocycles. The predicted octanol–water partition coefficient (Wildman–Crippen LogP) is 5.35. The Morgan fingerprint density at radius 2 is 1.33 bits per heavy atom. The van der Waals surface area contributed by atoms with Gasteiger partial charge in [-0.2, -0.15) is 0 Å². The average molecular weight is 485 g/mol. The zero-order valence-electron chi connectivity index (χ0n) is 20.8. The van der Waals surface area contributed by atoms with Crippen LogP contribution in [0.3, 0.4) is 0 Å². The minimum absolute atomic E-state index is 0.0203. The van der Waals surface area contributed by atoms with Gasteiger partial charge >= 0.3 is 12.1 Å². The van der Waals surface area contributed by atoms with Crippen LogP contribution in [0.2, 0.25) is 0 Å². The van der Waals surface area contributed by atoms with Crippen LogP contribution in [0.15, 0.2) is 84.9 Å². The summed E-state index contributed by atoms with van der Waals surface area (Å²) in [4.78, 5) is 34.8. The smallest absolute Gasteiger partial charge is 0.329 e. The minimum atomic E-state index is -0.0528. The molecule has 0 aliphatic carbocycles. The number of benzene rings is 3. The Kier molecular flexibility index (Phi) is 6.80. The van der Waals surface area contributed by atoms with Crippen molar-refractivity contribution in [2.24, 2.45) is 0 Å². The maximum Gasteiger partial charge on any atom is 0.329 e. The Hall–Kier alpha value is -4.00. The van der Waals surface area contributed by atoms with Crippen LogP contribution >= 0.6 is 0 Å². The van der Waals surface area contributed by atoms with Crippen LogP contribution in [0.25, 0.3) is 0 Å². The lowest BCUT2D eigenvalue weighted by Gasteiger charge is -2.43. The molecule has 5 rings (SSSR count). The number of hydrogen-bond donors (Lipinski definition) is 0. The lowest BCUT2D eigenvalue weighted by molar-refractivity contribution is 0.0854. The fourth-order valence-electron chi connectivity index (χ4n) is 5.31. The van der Waals surface area contributed by atoms with E-state index >= 15 is 0 Å². The van der Waals surface area contributed by atoms with E-state index in [2.05, 4.69) is 0 Å². The highest BCUT2D eigenvalue weighted by Crippen LogP contribution is 2.34. The molecule has 0 radical (unpaired) electrons. The number of amides is 4. The van der Waals surface area contributed by atoms with Crippen molar-refractivity contribution < 1.29 is 14.3 Å². The van der Waals surface area contributed by atoms with E-state index in [-0.39, 0.29) is 24.1 Å². The van der Waals surface area contributed by atoms with Gasteiger partial charge in [0.15, 0.2) is 0 Å². The summed E-state index contributed by atoms with van der Waals surface area (Å²) >= 11 is 0. The summed E-state index contributed by atoms with van der Waals surface area (Å²) in [5.74, 6) is 0.798. The lowest BCUT2D eigenvalue weighted by atomic mass is 10.1. The maximum absolute atomic E-state index is 13.8. The number of carbonyl (C=O) groups is 2. The minimum Gasteiger partial charge on any atom is -0.497 e. The number of hydrogen-bond acceptors (Lipinski definition) is 3. The molecule has 2 saturated heterocycles. The molecule has 0 spiro atoms. The second-order valence-corrected chi connectivity index (χ2v) is 9.47. The van der Waals surface area contributed by atoms with Gasteiger partial charge < -0.3 is 19.4 Å². The van der Waals surface area contributed by atoms with Gasteiger partial charge in [0.1, 0.15) is 5.75 Å². The van der Waals surface area contributed by atoms with Gasteiger partial charge in [-0.05, 0) is 54.8 Å². The largest absolute Gasteiger partial charge is 0.497 e. The number of fused-ring (bicyclic) bond motifs is 2. The second-order valence-electron chi connectivity index (χ2n) is 9.47. The van der Waals surface area contributed by atoms with Crippen molar-refractivity contribution in [3.63, 3.8) is 0 Å². The van der Waals surface area contributed by atoms with Crippen molar-refractivity contribution in [2.45, 2.75) is 31.5 Å². The first-order valence-corrected chi connectivity index (χ1v) is 12.4. The zero-order chi connectivity index (χ0) is 25.1. The zero-order valence-corrected chi connectivity index (χ0v) is 20.8. The number of ether oxygens (including phenoxy) is 1. The summed E-state index contributed by atoms with van der Waals surface area (Å²) in [6.07, 6.45) is 1.82. The Morgan fingerprint density at radius 1 is 0.806 bits per heavy atom. The second kappa shape index (κ2) is 10.3. The molecule has 7 heteroatoms. The molecule has 0 unspecified atom stereocenters. The summed E-state index contributed by atoms with van der Waals surface area (Å²) in [5, 5.41) is 0. The number of nitrogens with zero attached hydrogens (tertiary/aromatic N) is 4. The van der Waals surface area contributed by atoms with E-state index in [0.717, 1.165) is 35.5 Å². The van der Waals surface area contributed by atoms with Gasteiger partial charge in [-0.25, -0.2) is 9.59 Å². The first-order valence-electron chi connectivity index (χ1n) is 12.4. The number of piperazine rings is 1. The van der Waals surface area contributed by atoms with Crippen LogP contribution in [0.4, 0.5) is 21.0 Å². The number of urea groups is 2. The molecular formula is C29H32N4O3. The molecule has 2 aliphatic rings. The van der Waals surface area contributed by atoms with Crippen LogP contribution in [-0.4, -0.2) is 66.1 Å². The van der Waals surface area contributed by atoms with Crippen LogP contribution in [0.5, 0.6) is 5.75 Å². The van der Waals surface area contributed by atoms with Crippen molar-refractivity contribution >= 4 is 23.4 Å². The molecule has 3 aromatic rings. The molecule has 36 heavy (non-hydrogen) atoms. The summed E-state index contributed by atoms with van der Waals surface area (Å²) in [6, 6.07) is 27.3. The van der Waals surface area contributed by atoms with E-state index in [1.165, 1.54) is 0 Å². The van der Waals surface area contributed by atoms with E-state index < -0.39 is 0 Å². The standard InChI is InChI=1S/C29H32N4O3/c1-30(19-22-13-17-27(36-2)18-14-22)28(34)33-25-15-16-26(33)21-31(20-25)29(35)32(23-9-5-3-6-10-23)24-11-7-4-8-12-24/h3-14,17-18,25-26H,15-16,19-21H2,1-2H3/t25-,26+. The molecule has 0 aromatic heterocycles. The quantitative estimate of drug-likeness (QED) is 0.490. The average Bonchev–Trinajstić information content (AvgIpc) is 3.18. The van der Waals surface area contributed by atoms with Gasteiger partial charge in [-0.1, -0.05) is 48.5 Å². The summed E-state index contributed by atoms with van der Waals surface area (Å²) in [7, 11) is 3.49. The molecule has 0 saturated carbocycles. The number of methoxy groups -OCH3 is 1. The van der Waals surface area contributed by atoms with E-state index in [9.17, 15) is 9.59 Å². The van der Waals surface area contributed by atoms with E-state index in [4.69, 9.17) is 4.74 Å². The van der Waals surface area contributed by atoms with Gasteiger partial charge in [-0.3, -0.25) is 4.90 Å². The van der Waals surface area contributed by atoms with Gasteiger partial charge in [-0.15, -0.1) is 0 Å².